The molecule has 0 aromatic rings. The van der Waals surface area contributed by atoms with Crippen molar-refractivity contribution in [2.45, 2.75) is 151 Å². The minimum atomic E-state index is -0.659. The fourth-order valence-electron chi connectivity index (χ4n) is 1.59. The minimum Gasteiger partial charge on any atom is -0.481 e. The molecule has 3 heteroatoms. The van der Waals surface area contributed by atoms with Crippen molar-refractivity contribution < 1.29 is 9.90 Å². The molecular formula is C24H54O2Sn. The van der Waals surface area contributed by atoms with Gasteiger partial charge in [0.2, 0.25) is 0 Å². The minimum absolute atomic E-state index is 0. The Labute approximate surface area is 190 Å². The molecule has 0 unspecified atom stereocenters. The molecule has 0 heterocycles. The Hall–Kier alpha value is 0.269. The quantitative estimate of drug-likeness (QED) is 0.205. The van der Waals surface area contributed by atoms with E-state index >= 15 is 0 Å². The molecular weight excluding hydrogens is 439 g/mol. The standard InChI is InChI=1S/C12H24O2.3C4H10.Sn/c1-2-3-4-5-6-7-8-9-10-11-12(13)14;3*1-3-4-2;/h2-11H2,1H3,(H,13,14);3*3-4H2,1-2H3;. The average molecular weight is 493 g/mol. The summed E-state index contributed by atoms with van der Waals surface area (Å²) in [5.41, 5.74) is 0. The molecule has 0 saturated carbocycles. The van der Waals surface area contributed by atoms with Crippen molar-refractivity contribution in [1.29, 1.82) is 0 Å². The van der Waals surface area contributed by atoms with E-state index in [0.717, 1.165) is 12.8 Å². The third-order valence-corrected chi connectivity index (χ3v) is 3.99. The van der Waals surface area contributed by atoms with Gasteiger partial charge in [0.05, 0.1) is 0 Å². The zero-order valence-corrected chi connectivity index (χ0v) is 23.0. The number of aliphatic carboxylic acids is 1. The molecule has 0 aromatic heterocycles. The van der Waals surface area contributed by atoms with Gasteiger partial charge in [-0.25, -0.2) is 0 Å². The summed E-state index contributed by atoms with van der Waals surface area (Å²) < 4.78 is 0. The van der Waals surface area contributed by atoms with Crippen molar-refractivity contribution in [2.75, 3.05) is 0 Å². The van der Waals surface area contributed by atoms with Gasteiger partial charge in [0.1, 0.15) is 0 Å². The third-order valence-electron chi connectivity index (χ3n) is 3.99. The predicted octanol–water partition coefficient (Wildman–Crippen LogP) is 9.03. The summed E-state index contributed by atoms with van der Waals surface area (Å²) in [6.07, 6.45) is 19.4. The fraction of sp³-hybridized carbons (Fsp3) is 0.958. The van der Waals surface area contributed by atoms with Gasteiger partial charge in [-0.15, -0.1) is 0 Å². The molecule has 0 aromatic carbocycles. The maximum atomic E-state index is 10.2. The molecule has 166 valence electrons. The molecule has 0 aliphatic carbocycles. The van der Waals surface area contributed by atoms with Gasteiger partial charge in [0, 0.05) is 30.3 Å². The Morgan fingerprint density at radius 2 is 0.741 bits per heavy atom. The zero-order chi connectivity index (χ0) is 20.9. The molecule has 4 radical (unpaired) electrons. The summed E-state index contributed by atoms with van der Waals surface area (Å²) in [5, 5.41) is 8.41. The van der Waals surface area contributed by atoms with Crippen molar-refractivity contribution in [3.8, 4) is 0 Å². The van der Waals surface area contributed by atoms with Crippen LogP contribution in [0.3, 0.4) is 0 Å². The second-order valence-electron chi connectivity index (χ2n) is 6.97. The Morgan fingerprint density at radius 3 is 0.963 bits per heavy atom. The van der Waals surface area contributed by atoms with Crippen LogP contribution in [0.2, 0.25) is 0 Å². The number of hydrogen-bond donors (Lipinski definition) is 1. The van der Waals surface area contributed by atoms with Crippen LogP contribution >= 0.6 is 0 Å². The van der Waals surface area contributed by atoms with E-state index in [-0.39, 0.29) is 23.9 Å². The smallest absolute Gasteiger partial charge is 0.303 e. The van der Waals surface area contributed by atoms with Gasteiger partial charge in [-0.05, 0) is 6.42 Å². The summed E-state index contributed by atoms with van der Waals surface area (Å²) >= 11 is 0. The van der Waals surface area contributed by atoms with Crippen molar-refractivity contribution in [1.82, 2.24) is 0 Å². The second kappa shape index (κ2) is 45.2. The van der Waals surface area contributed by atoms with Gasteiger partial charge in [-0.1, -0.05) is 138 Å². The summed E-state index contributed by atoms with van der Waals surface area (Å²) in [6, 6.07) is 0. The Kier molecular flexibility index (Phi) is 63.5. The number of carboxylic acid groups (broad SMARTS) is 1. The zero-order valence-electron chi connectivity index (χ0n) is 20.2. The largest absolute Gasteiger partial charge is 0.481 e. The van der Waals surface area contributed by atoms with Crippen LogP contribution in [0.15, 0.2) is 0 Å². The van der Waals surface area contributed by atoms with Crippen LogP contribution in [0.25, 0.3) is 0 Å². The molecule has 0 aliphatic rings. The van der Waals surface area contributed by atoms with Gasteiger partial charge in [-0.2, -0.15) is 0 Å². The van der Waals surface area contributed by atoms with Gasteiger partial charge in [0.25, 0.3) is 0 Å². The summed E-state index contributed by atoms with van der Waals surface area (Å²) in [4.78, 5) is 10.2. The van der Waals surface area contributed by atoms with E-state index in [1.54, 1.807) is 0 Å². The van der Waals surface area contributed by atoms with E-state index in [1.165, 1.54) is 83.5 Å². The van der Waals surface area contributed by atoms with Gasteiger partial charge >= 0.3 is 5.97 Å². The van der Waals surface area contributed by atoms with Crippen LogP contribution in [0.5, 0.6) is 0 Å². The van der Waals surface area contributed by atoms with Crippen LogP contribution in [0.1, 0.15) is 151 Å². The maximum absolute atomic E-state index is 10.2. The van der Waals surface area contributed by atoms with E-state index < -0.39 is 5.97 Å². The summed E-state index contributed by atoms with van der Waals surface area (Å²) in [5.74, 6) is -0.659. The Balaban J connectivity index is -0.000000102. The predicted molar refractivity (Wildman–Crippen MR) is 127 cm³/mol. The first-order chi connectivity index (χ1) is 12.5. The Bertz CT molecular complexity index is 193. The first kappa shape index (κ1) is 37.9. The van der Waals surface area contributed by atoms with Crippen LogP contribution in [-0.2, 0) is 4.79 Å². The molecule has 0 atom stereocenters. The van der Waals surface area contributed by atoms with Crippen LogP contribution < -0.4 is 0 Å². The summed E-state index contributed by atoms with van der Waals surface area (Å²) in [7, 11) is 0. The van der Waals surface area contributed by atoms with Crippen LogP contribution in [-0.4, -0.2) is 35.0 Å². The topological polar surface area (TPSA) is 37.3 Å². The molecule has 0 fully saturated rings. The van der Waals surface area contributed by atoms with Gasteiger partial charge in [-0.3, -0.25) is 4.79 Å². The first-order valence-corrected chi connectivity index (χ1v) is 11.7. The molecule has 0 rings (SSSR count). The normalized spacial score (nSPS) is 8.70. The summed E-state index contributed by atoms with van der Waals surface area (Å²) in [6.45, 7) is 15.3. The van der Waals surface area contributed by atoms with E-state index in [0.29, 0.717) is 6.42 Å². The van der Waals surface area contributed by atoms with Crippen LogP contribution in [0.4, 0.5) is 0 Å². The number of hydrogen-bond acceptors (Lipinski definition) is 1. The van der Waals surface area contributed by atoms with Gasteiger partial charge < -0.3 is 5.11 Å². The molecule has 2 nitrogen and oxygen atoms in total. The SMILES string of the molecule is CCCC.CCCC.CCCC.CCCCCCCCCCCC(=O)O.[Sn]. The number of carboxylic acids is 1. The molecule has 0 bridgehead atoms. The Morgan fingerprint density at radius 1 is 0.481 bits per heavy atom. The van der Waals surface area contributed by atoms with E-state index in [9.17, 15) is 4.79 Å². The third kappa shape index (κ3) is 76.0. The van der Waals surface area contributed by atoms with Crippen molar-refractivity contribution in [3.05, 3.63) is 0 Å². The fourth-order valence-corrected chi connectivity index (χ4v) is 1.59. The average Bonchev–Trinajstić information content (AvgIpc) is 2.67. The molecule has 1 N–H and O–H groups in total. The van der Waals surface area contributed by atoms with E-state index in [2.05, 4.69) is 48.5 Å². The van der Waals surface area contributed by atoms with Crippen molar-refractivity contribution in [2.24, 2.45) is 0 Å². The first-order valence-electron chi connectivity index (χ1n) is 11.7. The monoisotopic (exact) mass is 494 g/mol. The van der Waals surface area contributed by atoms with E-state index in [4.69, 9.17) is 5.11 Å². The van der Waals surface area contributed by atoms with Crippen molar-refractivity contribution in [3.63, 3.8) is 0 Å². The van der Waals surface area contributed by atoms with Crippen LogP contribution in [0, 0.1) is 0 Å². The molecule has 0 saturated heterocycles. The molecule has 27 heavy (non-hydrogen) atoms. The molecule has 0 spiro atoms. The number of unbranched alkanes of at least 4 members (excludes halogenated alkanes) is 11. The number of rotatable bonds is 13. The maximum Gasteiger partial charge on any atom is 0.303 e. The number of carbonyl (C=O) groups is 1. The van der Waals surface area contributed by atoms with E-state index in [1.807, 2.05) is 0 Å². The molecule has 0 amide bonds. The van der Waals surface area contributed by atoms with Crippen molar-refractivity contribution >= 4 is 29.9 Å². The van der Waals surface area contributed by atoms with Gasteiger partial charge in [0.15, 0.2) is 0 Å². The second-order valence-corrected chi connectivity index (χ2v) is 6.97. The molecule has 0 aliphatic heterocycles.